The zero-order valence-corrected chi connectivity index (χ0v) is 9.49. The molecule has 0 aliphatic rings. The summed E-state index contributed by atoms with van der Waals surface area (Å²) in [4.78, 5) is 0. The van der Waals surface area contributed by atoms with Crippen molar-refractivity contribution < 1.29 is 13.2 Å². The molecular weight excluding hydrogens is 215 g/mol. The Morgan fingerprint density at radius 2 is 1.94 bits per heavy atom. The Morgan fingerprint density at radius 3 is 2.56 bits per heavy atom. The van der Waals surface area contributed by atoms with Crippen molar-refractivity contribution in [2.75, 3.05) is 11.9 Å². The number of hydrogen-bond acceptors (Lipinski definition) is 1. The molecule has 0 aromatic heterocycles. The molecule has 0 heterocycles. The minimum absolute atomic E-state index is 0.110. The molecule has 0 saturated carbocycles. The lowest BCUT2D eigenvalue weighted by Crippen LogP contribution is -2.08. The summed E-state index contributed by atoms with van der Waals surface area (Å²) in [7, 11) is 0. The van der Waals surface area contributed by atoms with E-state index in [9.17, 15) is 13.2 Å². The smallest absolute Gasteiger partial charge is 0.182 e. The Balaban J connectivity index is 2.60. The first kappa shape index (κ1) is 12.9. The maximum atomic E-state index is 13.2. The van der Waals surface area contributed by atoms with Gasteiger partial charge in [0.25, 0.3) is 0 Å². The largest absolute Gasteiger partial charge is 0.382 e. The number of halogens is 3. The third kappa shape index (κ3) is 3.43. The average molecular weight is 231 g/mol. The summed E-state index contributed by atoms with van der Waals surface area (Å²) in [5, 5.41) is 2.70. The average Bonchev–Trinajstić information content (AvgIpc) is 2.24. The van der Waals surface area contributed by atoms with Gasteiger partial charge in [-0.2, -0.15) is 0 Å². The van der Waals surface area contributed by atoms with Crippen LogP contribution >= 0.6 is 0 Å². The molecule has 4 heteroatoms. The second kappa shape index (κ2) is 5.77. The van der Waals surface area contributed by atoms with Crippen molar-refractivity contribution in [2.45, 2.75) is 26.7 Å². The van der Waals surface area contributed by atoms with Crippen LogP contribution < -0.4 is 5.32 Å². The van der Waals surface area contributed by atoms with Crippen LogP contribution in [-0.2, 0) is 0 Å². The van der Waals surface area contributed by atoms with Gasteiger partial charge in [0.05, 0.1) is 5.69 Å². The minimum atomic E-state index is -1.16. The van der Waals surface area contributed by atoms with Crippen LogP contribution in [0.3, 0.4) is 0 Å². The van der Waals surface area contributed by atoms with Crippen LogP contribution in [0, 0.1) is 23.4 Å². The second-order valence-corrected chi connectivity index (χ2v) is 3.98. The number of hydrogen-bond donors (Lipinski definition) is 1. The highest BCUT2D eigenvalue weighted by Gasteiger charge is 2.10. The number of nitrogens with one attached hydrogen (secondary N) is 1. The number of benzene rings is 1. The lowest BCUT2D eigenvalue weighted by atomic mass is 10.1. The SMILES string of the molecule is CCC(C)CCNc1cc(F)cc(F)c1F. The van der Waals surface area contributed by atoms with Crippen molar-refractivity contribution in [3.63, 3.8) is 0 Å². The summed E-state index contributed by atoms with van der Waals surface area (Å²) >= 11 is 0. The van der Waals surface area contributed by atoms with Crippen molar-refractivity contribution in [1.82, 2.24) is 0 Å². The van der Waals surface area contributed by atoms with Gasteiger partial charge < -0.3 is 5.32 Å². The fraction of sp³-hybridized carbons (Fsp3) is 0.500. The molecule has 0 spiro atoms. The Bertz CT molecular complexity index is 352. The summed E-state index contributed by atoms with van der Waals surface area (Å²) in [6, 6.07) is 1.50. The number of anilines is 1. The van der Waals surface area contributed by atoms with Crippen molar-refractivity contribution in [3.05, 3.63) is 29.6 Å². The maximum Gasteiger partial charge on any atom is 0.182 e. The molecule has 1 atom stereocenters. The predicted molar refractivity (Wildman–Crippen MR) is 58.9 cm³/mol. The van der Waals surface area contributed by atoms with Crippen LogP contribution in [-0.4, -0.2) is 6.54 Å². The molecule has 0 fully saturated rings. The second-order valence-electron chi connectivity index (χ2n) is 3.98. The van der Waals surface area contributed by atoms with Crippen molar-refractivity contribution in [1.29, 1.82) is 0 Å². The molecule has 0 radical (unpaired) electrons. The van der Waals surface area contributed by atoms with Gasteiger partial charge in [0.2, 0.25) is 0 Å². The van der Waals surface area contributed by atoms with E-state index in [1.165, 1.54) is 0 Å². The molecule has 90 valence electrons. The fourth-order valence-electron chi connectivity index (χ4n) is 1.34. The highest BCUT2D eigenvalue weighted by Crippen LogP contribution is 2.19. The molecule has 0 bridgehead atoms. The molecular formula is C12H16F3N. The van der Waals surface area contributed by atoms with Gasteiger partial charge in [-0.1, -0.05) is 20.3 Å². The molecule has 1 N–H and O–H groups in total. The van der Waals surface area contributed by atoms with E-state index in [1.54, 1.807) is 0 Å². The molecule has 1 aromatic rings. The molecule has 1 rings (SSSR count). The first-order chi connectivity index (χ1) is 7.54. The molecule has 1 unspecified atom stereocenters. The van der Waals surface area contributed by atoms with E-state index in [-0.39, 0.29) is 5.69 Å². The van der Waals surface area contributed by atoms with Crippen LogP contribution in [0.25, 0.3) is 0 Å². The topological polar surface area (TPSA) is 12.0 Å². The van der Waals surface area contributed by atoms with E-state index in [0.717, 1.165) is 18.9 Å². The summed E-state index contributed by atoms with van der Waals surface area (Å²) in [6.45, 7) is 4.64. The summed E-state index contributed by atoms with van der Waals surface area (Å²) < 4.78 is 38.8. The first-order valence-corrected chi connectivity index (χ1v) is 5.43. The normalized spacial score (nSPS) is 12.6. The van der Waals surface area contributed by atoms with E-state index >= 15 is 0 Å². The van der Waals surface area contributed by atoms with Gasteiger partial charge in [-0.15, -0.1) is 0 Å². The Hall–Kier alpha value is -1.19. The van der Waals surface area contributed by atoms with Crippen LogP contribution in [0.2, 0.25) is 0 Å². The van der Waals surface area contributed by atoms with E-state index < -0.39 is 17.5 Å². The third-order valence-electron chi connectivity index (χ3n) is 2.64. The van der Waals surface area contributed by atoms with Gasteiger partial charge in [-0.05, 0) is 12.3 Å². The molecule has 0 aliphatic heterocycles. The van der Waals surface area contributed by atoms with Gasteiger partial charge in [0.1, 0.15) is 5.82 Å². The predicted octanol–water partition coefficient (Wildman–Crippen LogP) is 3.95. The van der Waals surface area contributed by atoms with Gasteiger partial charge in [0, 0.05) is 18.7 Å². The van der Waals surface area contributed by atoms with E-state index in [1.807, 2.05) is 0 Å². The minimum Gasteiger partial charge on any atom is -0.382 e. The van der Waals surface area contributed by atoms with E-state index in [2.05, 4.69) is 19.2 Å². The van der Waals surface area contributed by atoms with Gasteiger partial charge in [0.15, 0.2) is 11.6 Å². The highest BCUT2D eigenvalue weighted by molar-refractivity contribution is 5.45. The quantitative estimate of drug-likeness (QED) is 0.756. The zero-order valence-electron chi connectivity index (χ0n) is 9.49. The Kier molecular flexibility index (Phi) is 4.65. The van der Waals surface area contributed by atoms with Crippen LogP contribution in [0.1, 0.15) is 26.7 Å². The lowest BCUT2D eigenvalue weighted by Gasteiger charge is -2.11. The van der Waals surface area contributed by atoms with Crippen molar-refractivity contribution in [3.8, 4) is 0 Å². The highest BCUT2D eigenvalue weighted by atomic mass is 19.2. The van der Waals surface area contributed by atoms with Crippen LogP contribution in [0.4, 0.5) is 18.9 Å². The van der Waals surface area contributed by atoms with Crippen LogP contribution in [0.5, 0.6) is 0 Å². The van der Waals surface area contributed by atoms with Gasteiger partial charge >= 0.3 is 0 Å². The van der Waals surface area contributed by atoms with Crippen molar-refractivity contribution in [2.24, 2.45) is 5.92 Å². The Labute approximate surface area is 93.7 Å². The molecule has 0 saturated heterocycles. The van der Waals surface area contributed by atoms with E-state index in [4.69, 9.17) is 0 Å². The molecule has 1 aromatic carbocycles. The summed E-state index contributed by atoms with van der Waals surface area (Å²) in [5.41, 5.74) is -0.110. The fourth-order valence-corrected chi connectivity index (χ4v) is 1.34. The van der Waals surface area contributed by atoms with Gasteiger partial charge in [-0.25, -0.2) is 13.2 Å². The zero-order chi connectivity index (χ0) is 12.1. The maximum absolute atomic E-state index is 13.2. The summed E-state index contributed by atoms with van der Waals surface area (Å²) in [5.74, 6) is -2.45. The van der Waals surface area contributed by atoms with Crippen LogP contribution in [0.15, 0.2) is 12.1 Å². The number of rotatable bonds is 5. The van der Waals surface area contributed by atoms with E-state index in [0.29, 0.717) is 18.5 Å². The van der Waals surface area contributed by atoms with Gasteiger partial charge in [-0.3, -0.25) is 0 Å². The third-order valence-corrected chi connectivity index (χ3v) is 2.64. The van der Waals surface area contributed by atoms with Crippen molar-refractivity contribution >= 4 is 5.69 Å². The molecule has 0 aliphatic carbocycles. The monoisotopic (exact) mass is 231 g/mol. The standard InChI is InChI=1S/C12H16F3N/c1-3-8(2)4-5-16-11-7-9(13)6-10(14)12(11)15/h6-8,16H,3-5H2,1-2H3. The lowest BCUT2D eigenvalue weighted by molar-refractivity contribution is 0.495. The first-order valence-electron chi connectivity index (χ1n) is 5.43. The molecule has 16 heavy (non-hydrogen) atoms. The Morgan fingerprint density at radius 1 is 1.25 bits per heavy atom. The summed E-state index contributed by atoms with van der Waals surface area (Å²) in [6.07, 6.45) is 1.87. The molecule has 1 nitrogen and oxygen atoms in total. The molecule has 0 amide bonds.